The number of carboxylic acid groups (broad SMARTS) is 1. The molecule has 0 atom stereocenters. The van der Waals surface area contributed by atoms with Crippen LogP contribution in [0.15, 0.2) is 5.38 Å². The quantitative estimate of drug-likeness (QED) is 0.448. The fourth-order valence-electron chi connectivity index (χ4n) is 1.73. The van der Waals surface area contributed by atoms with Gasteiger partial charge in [0.15, 0.2) is 10.3 Å². The van der Waals surface area contributed by atoms with Crippen LogP contribution in [0.4, 0.5) is 10.3 Å². The van der Waals surface area contributed by atoms with Crippen LogP contribution >= 0.6 is 22.7 Å². The second kappa shape index (κ2) is 9.82. The Morgan fingerprint density at radius 3 is 2.70 bits per heavy atom. The summed E-state index contributed by atoms with van der Waals surface area (Å²) in [4.78, 5) is 31.0. The molecule has 0 aliphatic rings. The van der Waals surface area contributed by atoms with E-state index >= 15 is 0 Å². The van der Waals surface area contributed by atoms with Crippen molar-refractivity contribution in [1.29, 1.82) is 0 Å². The number of amides is 1. The summed E-state index contributed by atoms with van der Waals surface area (Å²) in [6.45, 7) is 3.83. The van der Waals surface area contributed by atoms with Gasteiger partial charge in [0.2, 0.25) is 5.91 Å². The summed E-state index contributed by atoms with van der Waals surface area (Å²) >= 11 is 2.82. The molecule has 0 radical (unpaired) electrons. The van der Waals surface area contributed by atoms with Gasteiger partial charge in [-0.2, -0.15) is 0 Å². The molecule has 0 fully saturated rings. The van der Waals surface area contributed by atoms with Crippen LogP contribution < -0.4 is 67.1 Å². The van der Waals surface area contributed by atoms with Gasteiger partial charge in [-0.15, -0.1) is 11.3 Å². The Morgan fingerprint density at radius 1 is 1.30 bits per heavy atom. The van der Waals surface area contributed by atoms with Gasteiger partial charge in [-0.25, -0.2) is 9.97 Å². The van der Waals surface area contributed by atoms with E-state index in [2.05, 4.69) is 20.6 Å². The summed E-state index contributed by atoms with van der Waals surface area (Å²) in [6.07, 6.45) is 0.517. The molecule has 0 spiro atoms. The molecule has 0 aromatic carbocycles. The first kappa shape index (κ1) is 20.7. The predicted octanol–water partition coefficient (Wildman–Crippen LogP) is -1.52. The molecule has 2 aromatic heterocycles. The molecule has 1 amide bonds. The van der Waals surface area contributed by atoms with Gasteiger partial charge in [0.1, 0.15) is 0 Å². The third kappa shape index (κ3) is 6.57. The average Bonchev–Trinajstić information content (AvgIpc) is 3.00. The SMILES string of the molecule is CC(=O)Nc1nc(C)c(-c2csc(NCCCC(=O)[O-])n2)s1.[K+]. The van der Waals surface area contributed by atoms with Crippen LogP contribution in [0.1, 0.15) is 25.5 Å². The minimum absolute atomic E-state index is 0. The number of hydrogen-bond acceptors (Lipinski definition) is 8. The number of carbonyl (C=O) groups is 2. The Hall–Kier alpha value is -0.364. The molecule has 10 heteroatoms. The fraction of sp³-hybridized carbons (Fsp3) is 0.385. The van der Waals surface area contributed by atoms with Crippen molar-refractivity contribution in [2.75, 3.05) is 17.2 Å². The van der Waals surface area contributed by atoms with Crippen LogP contribution in [0, 0.1) is 6.92 Å². The molecule has 2 heterocycles. The van der Waals surface area contributed by atoms with E-state index in [0.717, 1.165) is 21.4 Å². The van der Waals surface area contributed by atoms with E-state index in [1.165, 1.54) is 29.6 Å². The Bertz CT molecular complexity index is 687. The van der Waals surface area contributed by atoms with E-state index in [-0.39, 0.29) is 63.7 Å². The topological polar surface area (TPSA) is 107 Å². The number of aliphatic carboxylic acids is 1. The molecule has 0 bridgehead atoms. The Morgan fingerprint density at radius 2 is 2.04 bits per heavy atom. The van der Waals surface area contributed by atoms with Crippen molar-refractivity contribution in [2.45, 2.75) is 26.7 Å². The van der Waals surface area contributed by atoms with Crippen LogP contribution in [0.3, 0.4) is 0 Å². The van der Waals surface area contributed by atoms with E-state index in [1.807, 2.05) is 12.3 Å². The van der Waals surface area contributed by atoms with Crippen LogP contribution in [0.2, 0.25) is 0 Å². The van der Waals surface area contributed by atoms with Gasteiger partial charge in [-0.05, 0) is 19.8 Å². The molecule has 0 saturated heterocycles. The molecule has 2 N–H and O–H groups in total. The number of carboxylic acids is 1. The van der Waals surface area contributed by atoms with Crippen molar-refractivity contribution in [3.8, 4) is 10.6 Å². The summed E-state index contributed by atoms with van der Waals surface area (Å²) in [5.41, 5.74) is 1.60. The second-order valence-electron chi connectivity index (χ2n) is 4.55. The first-order chi connectivity index (χ1) is 10.5. The third-order valence-electron chi connectivity index (χ3n) is 2.65. The van der Waals surface area contributed by atoms with Gasteiger partial charge in [0.05, 0.1) is 16.3 Å². The van der Waals surface area contributed by atoms with Crippen LogP contribution in [-0.4, -0.2) is 28.4 Å². The molecule has 2 aromatic rings. The number of thiazole rings is 2. The van der Waals surface area contributed by atoms with Gasteiger partial charge >= 0.3 is 51.4 Å². The summed E-state index contributed by atoms with van der Waals surface area (Å²) in [5.74, 6) is -1.21. The van der Waals surface area contributed by atoms with Gasteiger partial charge in [0.25, 0.3) is 0 Å². The third-order valence-corrected chi connectivity index (χ3v) is 4.55. The van der Waals surface area contributed by atoms with E-state index in [0.29, 0.717) is 18.1 Å². The minimum Gasteiger partial charge on any atom is -0.550 e. The summed E-state index contributed by atoms with van der Waals surface area (Å²) in [6, 6.07) is 0. The van der Waals surface area contributed by atoms with E-state index in [1.54, 1.807) is 0 Å². The predicted molar refractivity (Wildman–Crippen MR) is 85.0 cm³/mol. The molecule has 0 aliphatic heterocycles. The van der Waals surface area contributed by atoms with Crippen molar-refractivity contribution in [1.82, 2.24) is 9.97 Å². The molecule has 118 valence electrons. The van der Waals surface area contributed by atoms with E-state index in [4.69, 9.17) is 0 Å². The van der Waals surface area contributed by atoms with Crippen molar-refractivity contribution >= 4 is 44.8 Å². The summed E-state index contributed by atoms with van der Waals surface area (Å²) in [7, 11) is 0. The molecule has 0 unspecified atom stereocenters. The van der Waals surface area contributed by atoms with E-state index in [9.17, 15) is 14.7 Å². The Balaban J connectivity index is 0.00000264. The number of hydrogen-bond donors (Lipinski definition) is 2. The summed E-state index contributed by atoms with van der Waals surface area (Å²) < 4.78 is 0. The zero-order valence-corrected chi connectivity index (χ0v) is 17.9. The Labute approximate surface area is 184 Å². The molecule has 0 saturated carbocycles. The van der Waals surface area contributed by atoms with Gasteiger partial charge in [-0.3, -0.25) is 4.79 Å². The molecular formula is C13H15KN4O3S2. The average molecular weight is 379 g/mol. The molecule has 23 heavy (non-hydrogen) atoms. The molecule has 2 rings (SSSR count). The van der Waals surface area contributed by atoms with Crippen molar-refractivity contribution in [2.24, 2.45) is 0 Å². The maximum Gasteiger partial charge on any atom is 1.00 e. The normalized spacial score (nSPS) is 10.0. The minimum atomic E-state index is -1.05. The number of anilines is 2. The zero-order valence-electron chi connectivity index (χ0n) is 13.1. The second-order valence-corrected chi connectivity index (χ2v) is 6.41. The van der Waals surface area contributed by atoms with Crippen LogP contribution in [0.5, 0.6) is 0 Å². The number of rotatable bonds is 7. The van der Waals surface area contributed by atoms with Gasteiger partial charge < -0.3 is 20.5 Å². The number of nitrogens with zero attached hydrogens (tertiary/aromatic N) is 2. The van der Waals surface area contributed by atoms with Crippen molar-refractivity contribution < 1.29 is 66.1 Å². The Kier molecular flexibility index (Phi) is 8.83. The van der Waals surface area contributed by atoms with Crippen molar-refractivity contribution in [3.63, 3.8) is 0 Å². The number of aromatic nitrogens is 2. The van der Waals surface area contributed by atoms with Gasteiger partial charge in [0, 0.05) is 24.8 Å². The maximum absolute atomic E-state index is 11.1. The standard InChI is InChI=1S/C13H16N4O3S2.K/c1-7-11(22-13(15-7)16-8(2)18)9-6-21-12(17-9)14-5-3-4-10(19)20;/h6H,3-5H2,1-2H3,(H,14,17)(H,19,20)(H,15,16,18);/q;+1/p-1. The number of aryl methyl sites for hydroxylation is 1. The summed E-state index contributed by atoms with van der Waals surface area (Å²) in [5, 5.41) is 19.2. The van der Waals surface area contributed by atoms with Crippen LogP contribution in [-0.2, 0) is 9.59 Å². The largest absolute Gasteiger partial charge is 1.00 e. The smallest absolute Gasteiger partial charge is 0.550 e. The first-order valence-corrected chi connectivity index (χ1v) is 8.30. The monoisotopic (exact) mass is 378 g/mol. The maximum atomic E-state index is 11.1. The van der Waals surface area contributed by atoms with Gasteiger partial charge in [-0.1, -0.05) is 11.3 Å². The van der Waals surface area contributed by atoms with E-state index < -0.39 is 5.97 Å². The number of carbonyl (C=O) groups excluding carboxylic acids is 2. The zero-order chi connectivity index (χ0) is 16.1. The molecular weight excluding hydrogens is 363 g/mol. The van der Waals surface area contributed by atoms with Crippen LogP contribution in [0.25, 0.3) is 10.6 Å². The number of nitrogens with one attached hydrogen (secondary N) is 2. The van der Waals surface area contributed by atoms with Crippen molar-refractivity contribution in [3.05, 3.63) is 11.1 Å². The first-order valence-electron chi connectivity index (χ1n) is 6.60. The molecule has 0 aliphatic carbocycles. The fourth-order valence-corrected chi connectivity index (χ4v) is 3.50. The molecule has 7 nitrogen and oxygen atoms in total.